The van der Waals surface area contributed by atoms with Gasteiger partial charge in [-0.3, -0.25) is 0 Å². The topological polar surface area (TPSA) is 45.0 Å². The molecule has 0 saturated carbocycles. The van der Waals surface area contributed by atoms with Crippen LogP contribution in [0.2, 0.25) is 0 Å². The lowest BCUT2D eigenvalue weighted by molar-refractivity contribution is 0.368. The maximum atomic E-state index is 8.45. The van der Waals surface area contributed by atoms with Crippen molar-refractivity contribution in [3.63, 3.8) is 0 Å². The Morgan fingerprint density at radius 3 is 2.65 bits per heavy atom. The molecule has 0 amide bonds. The summed E-state index contributed by atoms with van der Waals surface area (Å²) in [4.78, 5) is 0. The average molecular weight is 331 g/mol. The van der Waals surface area contributed by atoms with Gasteiger partial charge in [-0.1, -0.05) is 24.3 Å². The van der Waals surface area contributed by atoms with Crippen LogP contribution in [0.3, 0.4) is 0 Å². The van der Waals surface area contributed by atoms with E-state index < -0.39 is 0 Å². The number of anilines is 1. The molecule has 4 heteroatoms. The molecule has 0 aliphatic rings. The Labute approximate surface area is 127 Å². The molecule has 0 atom stereocenters. The Bertz CT molecular complexity index is 617. The van der Waals surface area contributed by atoms with Gasteiger partial charge in [-0.25, -0.2) is 0 Å². The molecule has 2 rings (SSSR count). The largest absolute Gasteiger partial charge is 0.479 e. The Hall–Kier alpha value is -1.99. The highest BCUT2D eigenvalue weighted by molar-refractivity contribution is 9.10. The smallest absolute Gasteiger partial charge is 0.174 e. The van der Waals surface area contributed by atoms with Gasteiger partial charge in [0.1, 0.15) is 11.8 Å². The summed E-state index contributed by atoms with van der Waals surface area (Å²) in [6, 6.07) is 15.8. The second-order valence-electron chi connectivity index (χ2n) is 4.38. The lowest BCUT2D eigenvalue weighted by Crippen LogP contribution is -2.01. The maximum Gasteiger partial charge on any atom is 0.174 e. The van der Waals surface area contributed by atoms with Crippen LogP contribution >= 0.6 is 15.9 Å². The van der Waals surface area contributed by atoms with Crippen molar-refractivity contribution in [3.05, 3.63) is 58.1 Å². The number of nitrogens with one attached hydrogen (secondary N) is 1. The van der Waals surface area contributed by atoms with Gasteiger partial charge in [0.15, 0.2) is 6.61 Å². The zero-order chi connectivity index (χ0) is 14.4. The molecule has 3 nitrogen and oxygen atoms in total. The van der Waals surface area contributed by atoms with E-state index >= 15 is 0 Å². The highest BCUT2D eigenvalue weighted by atomic mass is 79.9. The van der Waals surface area contributed by atoms with E-state index in [0.29, 0.717) is 5.75 Å². The number of ether oxygens (including phenoxy) is 1. The zero-order valence-corrected chi connectivity index (χ0v) is 12.8. The molecule has 0 aliphatic carbocycles. The van der Waals surface area contributed by atoms with Crippen LogP contribution in [0.25, 0.3) is 0 Å². The molecule has 1 N–H and O–H groups in total. The van der Waals surface area contributed by atoms with Crippen LogP contribution in [0.1, 0.15) is 11.1 Å². The van der Waals surface area contributed by atoms with E-state index in [4.69, 9.17) is 10.00 Å². The molecule has 0 heterocycles. The van der Waals surface area contributed by atoms with Gasteiger partial charge in [-0.2, -0.15) is 5.26 Å². The van der Waals surface area contributed by atoms with Gasteiger partial charge in [0.25, 0.3) is 0 Å². The van der Waals surface area contributed by atoms with Gasteiger partial charge in [0.2, 0.25) is 0 Å². The van der Waals surface area contributed by atoms with Crippen molar-refractivity contribution in [3.8, 4) is 11.8 Å². The minimum absolute atomic E-state index is 0.0772. The van der Waals surface area contributed by atoms with Crippen LogP contribution in [0.5, 0.6) is 5.75 Å². The van der Waals surface area contributed by atoms with Crippen molar-refractivity contribution in [1.29, 1.82) is 5.26 Å². The summed E-state index contributed by atoms with van der Waals surface area (Å²) in [5, 5.41) is 11.8. The molecule has 0 fully saturated rings. The summed E-state index contributed by atoms with van der Waals surface area (Å²) in [7, 11) is 0. The third-order valence-electron chi connectivity index (χ3n) is 2.90. The van der Waals surface area contributed by atoms with Crippen molar-refractivity contribution < 1.29 is 4.74 Å². The monoisotopic (exact) mass is 330 g/mol. The van der Waals surface area contributed by atoms with Crippen LogP contribution in [0.15, 0.2) is 46.9 Å². The summed E-state index contributed by atoms with van der Waals surface area (Å²) < 4.78 is 6.31. The van der Waals surface area contributed by atoms with Gasteiger partial charge in [0.05, 0.1) is 0 Å². The lowest BCUT2D eigenvalue weighted by atomic mass is 10.2. The molecule has 2 aromatic carbocycles. The van der Waals surface area contributed by atoms with Crippen molar-refractivity contribution in [1.82, 2.24) is 0 Å². The number of aryl methyl sites for hydroxylation is 1. The standard InChI is InChI=1S/C16H15BrN2O/c1-12-3-2-4-15(16(12)17)19-11-13-5-7-14(8-6-13)20-10-9-18/h2-8,19H,10-11H2,1H3. The second-order valence-corrected chi connectivity index (χ2v) is 5.17. The van der Waals surface area contributed by atoms with Crippen LogP contribution < -0.4 is 10.1 Å². The van der Waals surface area contributed by atoms with Crippen LogP contribution in [-0.4, -0.2) is 6.61 Å². The summed E-state index contributed by atoms with van der Waals surface area (Å²) in [6.45, 7) is 2.88. The molecule has 0 spiro atoms. The summed E-state index contributed by atoms with van der Waals surface area (Å²) >= 11 is 3.58. The van der Waals surface area contributed by atoms with Crippen molar-refractivity contribution in [2.75, 3.05) is 11.9 Å². The molecule has 102 valence electrons. The van der Waals surface area contributed by atoms with Crippen LogP contribution in [-0.2, 0) is 6.54 Å². The number of hydrogen-bond acceptors (Lipinski definition) is 3. The first-order valence-corrected chi connectivity index (χ1v) is 7.07. The predicted molar refractivity (Wildman–Crippen MR) is 83.8 cm³/mol. The number of hydrogen-bond donors (Lipinski definition) is 1. The minimum atomic E-state index is 0.0772. The fourth-order valence-electron chi connectivity index (χ4n) is 1.80. The summed E-state index contributed by atoms with van der Waals surface area (Å²) in [6.07, 6.45) is 0. The first kappa shape index (κ1) is 14.4. The third-order valence-corrected chi connectivity index (χ3v) is 3.95. The normalized spacial score (nSPS) is 9.85. The number of nitriles is 1. The second kappa shape index (κ2) is 6.97. The first-order chi connectivity index (χ1) is 9.70. The molecular weight excluding hydrogens is 316 g/mol. The van der Waals surface area contributed by atoms with E-state index in [1.807, 2.05) is 42.5 Å². The molecule has 0 saturated heterocycles. The number of halogens is 1. The molecule has 0 bridgehead atoms. The first-order valence-electron chi connectivity index (χ1n) is 6.28. The van der Waals surface area contributed by atoms with Crippen molar-refractivity contribution in [2.24, 2.45) is 0 Å². The number of rotatable bonds is 5. The molecule has 0 aromatic heterocycles. The van der Waals surface area contributed by atoms with Gasteiger partial charge in [-0.15, -0.1) is 0 Å². The quantitative estimate of drug-likeness (QED) is 0.890. The molecule has 20 heavy (non-hydrogen) atoms. The molecular formula is C16H15BrN2O. The Balaban J connectivity index is 1.97. The predicted octanol–water partition coefficient (Wildman–Crippen LogP) is 4.27. The van der Waals surface area contributed by atoms with E-state index in [9.17, 15) is 0 Å². The van der Waals surface area contributed by atoms with Crippen LogP contribution in [0.4, 0.5) is 5.69 Å². The van der Waals surface area contributed by atoms with E-state index in [1.54, 1.807) is 0 Å². The van der Waals surface area contributed by atoms with E-state index in [-0.39, 0.29) is 6.61 Å². The molecule has 0 unspecified atom stereocenters. The maximum absolute atomic E-state index is 8.45. The van der Waals surface area contributed by atoms with Gasteiger partial charge in [-0.05, 0) is 52.2 Å². The molecule has 2 aromatic rings. The van der Waals surface area contributed by atoms with Crippen LogP contribution in [0, 0.1) is 18.3 Å². The van der Waals surface area contributed by atoms with Gasteiger partial charge in [0, 0.05) is 16.7 Å². The van der Waals surface area contributed by atoms with Gasteiger partial charge < -0.3 is 10.1 Å². The summed E-state index contributed by atoms with van der Waals surface area (Å²) in [5.74, 6) is 0.715. The zero-order valence-electron chi connectivity index (χ0n) is 11.2. The fraction of sp³-hybridized carbons (Fsp3) is 0.188. The third kappa shape index (κ3) is 3.75. The Kier molecular flexibility index (Phi) is 5.03. The van der Waals surface area contributed by atoms with Crippen molar-refractivity contribution >= 4 is 21.6 Å². The van der Waals surface area contributed by atoms with E-state index in [1.165, 1.54) is 5.56 Å². The number of benzene rings is 2. The average Bonchev–Trinajstić information content (AvgIpc) is 2.48. The highest BCUT2D eigenvalue weighted by Crippen LogP contribution is 2.26. The SMILES string of the molecule is Cc1cccc(NCc2ccc(OCC#N)cc2)c1Br. The van der Waals surface area contributed by atoms with Crippen molar-refractivity contribution in [2.45, 2.75) is 13.5 Å². The Morgan fingerprint density at radius 1 is 1.20 bits per heavy atom. The highest BCUT2D eigenvalue weighted by Gasteiger charge is 2.02. The summed E-state index contributed by atoms with van der Waals surface area (Å²) in [5.41, 5.74) is 3.44. The lowest BCUT2D eigenvalue weighted by Gasteiger charge is -2.10. The molecule has 0 radical (unpaired) electrons. The Morgan fingerprint density at radius 2 is 1.95 bits per heavy atom. The number of nitrogens with zero attached hydrogens (tertiary/aromatic N) is 1. The minimum Gasteiger partial charge on any atom is -0.479 e. The molecule has 0 aliphatic heterocycles. The van der Waals surface area contributed by atoms with E-state index in [0.717, 1.165) is 22.3 Å². The fourth-order valence-corrected chi connectivity index (χ4v) is 2.20. The van der Waals surface area contributed by atoms with Gasteiger partial charge >= 0.3 is 0 Å². The van der Waals surface area contributed by atoms with E-state index in [2.05, 4.69) is 34.2 Å².